The van der Waals surface area contributed by atoms with Gasteiger partial charge in [-0.2, -0.15) is 0 Å². The summed E-state index contributed by atoms with van der Waals surface area (Å²) in [5, 5.41) is 10.3. The Morgan fingerprint density at radius 2 is 1.57 bits per heavy atom. The molecule has 9 heteroatoms. The van der Waals surface area contributed by atoms with Gasteiger partial charge in [0.25, 0.3) is 10.0 Å². The van der Waals surface area contributed by atoms with Crippen LogP contribution in [0.1, 0.15) is 21.5 Å². The van der Waals surface area contributed by atoms with Gasteiger partial charge in [-0.3, -0.25) is 4.72 Å². The fourth-order valence-corrected chi connectivity index (χ4v) is 5.68. The minimum absolute atomic E-state index is 0.0812. The summed E-state index contributed by atoms with van der Waals surface area (Å²) in [6.45, 7) is 6.78. The number of sulfonamides is 1. The van der Waals surface area contributed by atoms with Gasteiger partial charge in [0.1, 0.15) is 5.82 Å². The van der Waals surface area contributed by atoms with Crippen LogP contribution in [-0.2, 0) is 10.0 Å². The van der Waals surface area contributed by atoms with E-state index in [0.29, 0.717) is 29.8 Å². The number of carboxylic acids is 1. The topological polar surface area (TPSA) is 103 Å². The fourth-order valence-electron chi connectivity index (χ4n) is 4.54. The summed E-state index contributed by atoms with van der Waals surface area (Å²) < 4.78 is 28.5. The van der Waals surface area contributed by atoms with Crippen molar-refractivity contribution in [3.05, 3.63) is 89.5 Å². The van der Waals surface area contributed by atoms with E-state index in [1.54, 1.807) is 36.4 Å². The van der Waals surface area contributed by atoms with Crippen molar-refractivity contribution in [1.82, 2.24) is 4.98 Å². The number of benzene rings is 3. The number of aryl methyl sites for hydroxylation is 2. The van der Waals surface area contributed by atoms with Crippen LogP contribution in [0.25, 0.3) is 10.9 Å². The second-order valence-electron chi connectivity index (χ2n) is 9.23. The molecule has 0 amide bonds. The molecule has 0 unspecified atom stereocenters. The number of anilines is 3. The molecule has 2 N–H and O–H groups in total. The van der Waals surface area contributed by atoms with Crippen molar-refractivity contribution in [3.8, 4) is 0 Å². The smallest absolute Gasteiger partial charge is 0.336 e. The van der Waals surface area contributed by atoms with Crippen molar-refractivity contribution in [3.63, 3.8) is 0 Å². The van der Waals surface area contributed by atoms with Crippen molar-refractivity contribution < 1.29 is 18.3 Å². The third-order valence-corrected chi connectivity index (χ3v) is 8.17. The first-order chi connectivity index (χ1) is 17.7. The Bertz CT molecular complexity index is 1580. The molecule has 0 saturated carbocycles. The minimum atomic E-state index is -3.84. The van der Waals surface area contributed by atoms with Gasteiger partial charge in [-0.1, -0.05) is 24.3 Å². The van der Waals surface area contributed by atoms with Crippen LogP contribution in [0.3, 0.4) is 0 Å². The Labute approximate surface area is 216 Å². The molecule has 0 atom stereocenters. The minimum Gasteiger partial charge on any atom is -0.478 e. The summed E-state index contributed by atoms with van der Waals surface area (Å²) >= 11 is 0. The van der Waals surface area contributed by atoms with Gasteiger partial charge < -0.3 is 14.9 Å². The number of fused-ring (bicyclic) bond motifs is 1. The molecular formula is C28H28N4O4S. The second-order valence-corrected chi connectivity index (χ2v) is 10.9. The normalized spacial score (nSPS) is 14.1. The third kappa shape index (κ3) is 5.08. The highest BCUT2D eigenvalue weighted by Crippen LogP contribution is 2.28. The van der Waals surface area contributed by atoms with Gasteiger partial charge >= 0.3 is 5.97 Å². The Kier molecular flexibility index (Phi) is 6.47. The lowest BCUT2D eigenvalue weighted by Crippen LogP contribution is -2.46. The molecule has 1 aliphatic heterocycles. The number of rotatable bonds is 6. The zero-order chi connectivity index (χ0) is 26.2. The average molecular weight is 517 g/mol. The number of hydrogen-bond acceptors (Lipinski definition) is 6. The van der Waals surface area contributed by atoms with Crippen LogP contribution < -0.4 is 14.5 Å². The van der Waals surface area contributed by atoms with E-state index in [4.69, 9.17) is 4.98 Å². The average Bonchev–Trinajstić information content (AvgIpc) is 2.90. The summed E-state index contributed by atoms with van der Waals surface area (Å²) in [5.41, 5.74) is 3.89. The Morgan fingerprint density at radius 3 is 2.24 bits per heavy atom. The van der Waals surface area contributed by atoms with Crippen molar-refractivity contribution in [1.29, 1.82) is 0 Å². The van der Waals surface area contributed by atoms with Gasteiger partial charge in [-0.15, -0.1) is 0 Å². The molecule has 1 fully saturated rings. The lowest BCUT2D eigenvalue weighted by Gasteiger charge is -2.37. The largest absolute Gasteiger partial charge is 0.478 e. The van der Waals surface area contributed by atoms with Gasteiger partial charge in [-0.25, -0.2) is 18.2 Å². The van der Waals surface area contributed by atoms with Gasteiger partial charge in [-0.05, 0) is 73.5 Å². The molecule has 3 aromatic carbocycles. The van der Waals surface area contributed by atoms with E-state index in [2.05, 4.69) is 26.7 Å². The molecule has 0 spiro atoms. The molecule has 0 bridgehead atoms. The standard InChI is InChI=1S/C28H28N4O4S/c1-19-8-10-23(16-20(19)2)37(35,36)30-21-9-11-26-24(17-21)25(28(33)34)18-27(29-26)32-14-12-31(13-15-32)22-6-4-3-5-7-22/h3-11,16-18,30H,12-15H2,1-2H3,(H,33,34). The summed E-state index contributed by atoms with van der Waals surface area (Å²) in [6, 6.07) is 21.5. The van der Waals surface area contributed by atoms with Crippen LogP contribution in [0.15, 0.2) is 77.7 Å². The predicted octanol–water partition coefficient (Wildman–Crippen LogP) is 4.68. The van der Waals surface area contributed by atoms with Crippen molar-refractivity contribution in [2.45, 2.75) is 18.7 Å². The van der Waals surface area contributed by atoms with Crippen LogP contribution in [0.2, 0.25) is 0 Å². The van der Waals surface area contributed by atoms with Crippen molar-refractivity contribution in [2.75, 3.05) is 40.7 Å². The van der Waals surface area contributed by atoms with E-state index in [9.17, 15) is 18.3 Å². The van der Waals surface area contributed by atoms with Crippen LogP contribution >= 0.6 is 0 Å². The van der Waals surface area contributed by atoms with E-state index in [-0.39, 0.29) is 16.1 Å². The number of hydrogen-bond donors (Lipinski definition) is 2. The first-order valence-electron chi connectivity index (χ1n) is 12.0. The van der Waals surface area contributed by atoms with Crippen molar-refractivity contribution >= 4 is 44.1 Å². The number of carboxylic acid groups (broad SMARTS) is 1. The SMILES string of the molecule is Cc1ccc(S(=O)(=O)Nc2ccc3nc(N4CCN(c5ccccc5)CC4)cc(C(=O)O)c3c2)cc1C. The molecule has 5 rings (SSSR count). The number of aromatic nitrogens is 1. The molecule has 2 heterocycles. The summed E-state index contributed by atoms with van der Waals surface area (Å²) in [4.78, 5) is 21.4. The molecule has 4 aromatic rings. The van der Waals surface area contributed by atoms with Crippen LogP contribution in [0.5, 0.6) is 0 Å². The zero-order valence-electron chi connectivity index (χ0n) is 20.7. The second kappa shape index (κ2) is 9.74. The Balaban J connectivity index is 1.41. The van der Waals surface area contributed by atoms with Crippen molar-refractivity contribution in [2.24, 2.45) is 0 Å². The molecule has 190 valence electrons. The molecule has 37 heavy (non-hydrogen) atoms. The number of para-hydroxylation sites is 1. The fraction of sp³-hybridized carbons (Fsp3) is 0.214. The lowest BCUT2D eigenvalue weighted by molar-refractivity contribution is 0.0699. The maximum Gasteiger partial charge on any atom is 0.336 e. The number of aromatic carboxylic acids is 1. The van der Waals surface area contributed by atoms with Gasteiger partial charge in [0, 0.05) is 42.9 Å². The lowest BCUT2D eigenvalue weighted by atomic mass is 10.1. The molecule has 1 aromatic heterocycles. The maximum atomic E-state index is 13.0. The predicted molar refractivity (Wildman–Crippen MR) is 146 cm³/mol. The molecular weight excluding hydrogens is 488 g/mol. The molecule has 0 aliphatic carbocycles. The number of carbonyl (C=O) groups is 1. The Hall–Kier alpha value is -4.11. The number of pyridine rings is 1. The summed E-state index contributed by atoms with van der Waals surface area (Å²) in [6.07, 6.45) is 0. The van der Waals surface area contributed by atoms with Gasteiger partial charge in [0.2, 0.25) is 0 Å². The van der Waals surface area contributed by atoms with Crippen LogP contribution in [0.4, 0.5) is 17.2 Å². The first-order valence-corrected chi connectivity index (χ1v) is 13.5. The van der Waals surface area contributed by atoms with Gasteiger partial charge in [0.15, 0.2) is 0 Å². The highest BCUT2D eigenvalue weighted by Gasteiger charge is 2.22. The van der Waals surface area contributed by atoms with E-state index >= 15 is 0 Å². The first kappa shape index (κ1) is 24.6. The van der Waals surface area contributed by atoms with E-state index in [1.807, 2.05) is 32.0 Å². The summed E-state index contributed by atoms with van der Waals surface area (Å²) in [7, 11) is -3.84. The molecule has 1 aliphatic rings. The van der Waals surface area contributed by atoms with Crippen LogP contribution in [0, 0.1) is 13.8 Å². The van der Waals surface area contributed by atoms with Crippen LogP contribution in [-0.4, -0.2) is 50.7 Å². The number of nitrogens with zero attached hydrogens (tertiary/aromatic N) is 3. The monoisotopic (exact) mass is 516 g/mol. The highest BCUT2D eigenvalue weighted by molar-refractivity contribution is 7.92. The van der Waals surface area contributed by atoms with E-state index < -0.39 is 16.0 Å². The zero-order valence-corrected chi connectivity index (χ0v) is 21.5. The molecule has 8 nitrogen and oxygen atoms in total. The molecule has 1 saturated heterocycles. The molecule has 0 radical (unpaired) electrons. The summed E-state index contributed by atoms with van der Waals surface area (Å²) in [5.74, 6) is -0.494. The Morgan fingerprint density at radius 1 is 0.865 bits per heavy atom. The maximum absolute atomic E-state index is 13.0. The number of piperazine rings is 1. The highest BCUT2D eigenvalue weighted by atomic mass is 32.2. The van der Waals surface area contributed by atoms with E-state index in [1.165, 1.54) is 6.07 Å². The quantitative estimate of drug-likeness (QED) is 0.384. The number of nitrogens with one attached hydrogen (secondary N) is 1. The third-order valence-electron chi connectivity index (χ3n) is 6.79. The van der Waals surface area contributed by atoms with E-state index in [0.717, 1.165) is 29.9 Å². The van der Waals surface area contributed by atoms with Gasteiger partial charge in [0.05, 0.1) is 16.0 Å².